The summed E-state index contributed by atoms with van der Waals surface area (Å²) in [4.78, 5) is 20.2. The minimum Gasteiger partial charge on any atom is -0.478 e. The van der Waals surface area contributed by atoms with Crippen molar-refractivity contribution in [3.8, 4) is 0 Å². The van der Waals surface area contributed by atoms with Crippen LogP contribution >= 0.6 is 0 Å². The number of ether oxygens (including phenoxy) is 1. The number of carbonyl (C=O) groups is 1. The van der Waals surface area contributed by atoms with Crippen LogP contribution in [-0.2, 0) is 24.1 Å². The van der Waals surface area contributed by atoms with Gasteiger partial charge in [-0.1, -0.05) is 12.1 Å². The molecule has 11 heteroatoms. The van der Waals surface area contributed by atoms with E-state index in [1.807, 2.05) is 6.07 Å². The van der Waals surface area contributed by atoms with Crippen molar-refractivity contribution in [2.24, 2.45) is 0 Å². The Labute approximate surface area is 222 Å². The number of anilines is 1. The van der Waals surface area contributed by atoms with Crippen LogP contribution in [-0.4, -0.2) is 52.5 Å². The lowest BCUT2D eigenvalue weighted by molar-refractivity contribution is -0.137. The molecular weight excluding hydrogens is 513 g/mol. The monoisotopic (exact) mass is 542 g/mol. The number of carboxylic acids is 1. The molecule has 0 radical (unpaired) electrons. The van der Waals surface area contributed by atoms with Crippen molar-refractivity contribution in [2.45, 2.75) is 32.2 Å². The zero-order valence-corrected chi connectivity index (χ0v) is 21.1. The Morgan fingerprint density at radius 2 is 1.77 bits per heavy atom. The van der Waals surface area contributed by atoms with E-state index in [1.54, 1.807) is 36.7 Å². The number of aliphatic hydroxyl groups is 1. The molecule has 2 aromatic heterocycles. The molecule has 2 aromatic carbocycles. The Bertz CT molecular complexity index is 1450. The molecule has 4 N–H and O–H groups in total. The van der Waals surface area contributed by atoms with Gasteiger partial charge in [-0.15, -0.1) is 0 Å². The number of hydrogen-bond acceptors (Lipinski definition) is 7. The lowest BCUT2D eigenvalue weighted by Gasteiger charge is -2.12. The maximum atomic E-state index is 13.0. The summed E-state index contributed by atoms with van der Waals surface area (Å²) in [6.07, 6.45) is 0.516. The number of carboxylic acid groups (broad SMARTS) is 1. The van der Waals surface area contributed by atoms with Crippen molar-refractivity contribution in [1.29, 1.82) is 0 Å². The summed E-state index contributed by atoms with van der Waals surface area (Å²) < 4.78 is 44.8. The van der Waals surface area contributed by atoms with Crippen molar-refractivity contribution in [3.63, 3.8) is 0 Å². The first kappa shape index (κ1) is 28.2. The molecule has 0 amide bonds. The molecule has 0 bridgehead atoms. The van der Waals surface area contributed by atoms with Gasteiger partial charge in [-0.05, 0) is 60.8 Å². The Hall–Kier alpha value is -3.80. The van der Waals surface area contributed by atoms with Crippen LogP contribution in [0.25, 0.3) is 21.7 Å². The predicted octanol–water partition coefficient (Wildman–Crippen LogP) is 4.99. The van der Waals surface area contributed by atoms with Crippen molar-refractivity contribution in [3.05, 3.63) is 77.1 Å². The van der Waals surface area contributed by atoms with E-state index in [4.69, 9.17) is 4.74 Å². The first-order chi connectivity index (χ1) is 18.8. The van der Waals surface area contributed by atoms with Crippen LogP contribution in [0.1, 0.15) is 39.9 Å². The third-order valence-corrected chi connectivity index (χ3v) is 6.17. The van der Waals surface area contributed by atoms with Crippen LogP contribution in [0, 0.1) is 0 Å². The molecule has 0 fully saturated rings. The highest BCUT2D eigenvalue weighted by Gasteiger charge is 2.31. The highest BCUT2D eigenvalue weighted by Crippen LogP contribution is 2.31. The Kier molecular flexibility index (Phi) is 9.28. The molecule has 0 atom stereocenters. The van der Waals surface area contributed by atoms with Crippen molar-refractivity contribution in [2.75, 3.05) is 31.6 Å². The minimum atomic E-state index is -4.45. The van der Waals surface area contributed by atoms with Crippen LogP contribution in [0.2, 0.25) is 0 Å². The maximum absolute atomic E-state index is 13.0. The highest BCUT2D eigenvalue weighted by atomic mass is 19.4. The average molecular weight is 543 g/mol. The van der Waals surface area contributed by atoms with E-state index in [1.165, 1.54) is 0 Å². The molecule has 4 rings (SSSR count). The second-order valence-corrected chi connectivity index (χ2v) is 9.04. The van der Waals surface area contributed by atoms with E-state index >= 15 is 0 Å². The number of unbranched alkanes of at least 4 members (excludes halogenated alkanes) is 1. The fourth-order valence-electron chi connectivity index (χ4n) is 4.27. The molecule has 2 heterocycles. The number of nitrogens with zero attached hydrogens (tertiary/aromatic N) is 2. The molecule has 0 unspecified atom stereocenters. The van der Waals surface area contributed by atoms with Gasteiger partial charge in [-0.2, -0.15) is 13.2 Å². The van der Waals surface area contributed by atoms with E-state index in [2.05, 4.69) is 20.6 Å². The maximum Gasteiger partial charge on any atom is 0.416 e. The van der Waals surface area contributed by atoms with E-state index in [0.29, 0.717) is 43.2 Å². The summed E-state index contributed by atoms with van der Waals surface area (Å²) in [6, 6.07) is 10.3. The van der Waals surface area contributed by atoms with Crippen LogP contribution in [0.4, 0.5) is 19.0 Å². The lowest BCUT2D eigenvalue weighted by atomic mass is 10.1. The number of nitrogens with one attached hydrogen (secondary N) is 2. The molecule has 39 heavy (non-hydrogen) atoms. The number of aliphatic hydroxyl groups excluding tert-OH is 1. The van der Waals surface area contributed by atoms with E-state index in [-0.39, 0.29) is 17.7 Å². The number of pyridine rings is 2. The lowest BCUT2D eigenvalue weighted by Crippen LogP contribution is -2.17. The second kappa shape index (κ2) is 12.8. The fraction of sp³-hybridized carbons (Fsp3) is 0.321. The second-order valence-electron chi connectivity index (χ2n) is 9.04. The number of fused-ring (bicyclic) bond motifs is 3. The summed E-state index contributed by atoms with van der Waals surface area (Å²) >= 11 is 0. The van der Waals surface area contributed by atoms with Gasteiger partial charge in [-0.25, -0.2) is 9.78 Å². The zero-order chi connectivity index (χ0) is 27.8. The van der Waals surface area contributed by atoms with Crippen molar-refractivity contribution >= 4 is 33.5 Å². The molecule has 4 aromatic rings. The van der Waals surface area contributed by atoms with Crippen LogP contribution in [0.3, 0.4) is 0 Å². The van der Waals surface area contributed by atoms with Gasteiger partial charge in [0, 0.05) is 48.2 Å². The smallest absolute Gasteiger partial charge is 0.416 e. The number of halogens is 3. The van der Waals surface area contributed by atoms with Crippen LogP contribution in [0.15, 0.2) is 54.9 Å². The van der Waals surface area contributed by atoms with E-state index < -0.39 is 24.3 Å². The SMILES string of the molecule is O=C(O)c1ccc2c(c1)nc(NCCOCCCCNCc1cc(CO)cc(C(F)(F)F)c1)c1ccncc12. The Morgan fingerprint density at radius 1 is 0.949 bits per heavy atom. The molecule has 0 saturated heterocycles. The summed E-state index contributed by atoms with van der Waals surface area (Å²) in [7, 11) is 0. The zero-order valence-electron chi connectivity index (χ0n) is 21.1. The fourth-order valence-corrected chi connectivity index (χ4v) is 4.27. The molecule has 0 aliphatic rings. The number of benzene rings is 2. The van der Waals surface area contributed by atoms with Gasteiger partial charge < -0.3 is 25.6 Å². The van der Waals surface area contributed by atoms with Gasteiger partial charge in [0.15, 0.2) is 0 Å². The molecule has 0 aliphatic heterocycles. The third-order valence-electron chi connectivity index (χ3n) is 6.17. The Balaban J connectivity index is 1.20. The minimum absolute atomic E-state index is 0.159. The van der Waals surface area contributed by atoms with Crippen LogP contribution < -0.4 is 10.6 Å². The predicted molar refractivity (Wildman–Crippen MR) is 142 cm³/mol. The molecule has 0 saturated carbocycles. The van der Waals surface area contributed by atoms with Gasteiger partial charge in [0.2, 0.25) is 0 Å². The largest absolute Gasteiger partial charge is 0.478 e. The Morgan fingerprint density at radius 3 is 2.54 bits per heavy atom. The highest BCUT2D eigenvalue weighted by molar-refractivity contribution is 6.10. The van der Waals surface area contributed by atoms with Crippen LogP contribution in [0.5, 0.6) is 0 Å². The normalized spacial score (nSPS) is 11.8. The summed E-state index contributed by atoms with van der Waals surface area (Å²) in [5.41, 5.74) is 0.662. The standard InChI is InChI=1S/C28H29F3N4O4/c29-28(30,31)21-12-18(11-19(13-21)17-36)15-32-6-1-2-9-39-10-8-34-26-23-5-7-33-16-24(23)22-4-3-20(27(37)38)14-25(22)35-26/h3-5,7,11-14,16,32,36H,1-2,6,8-10,15,17H2,(H,34,35)(H,37,38). The van der Waals surface area contributed by atoms with Gasteiger partial charge in [0.25, 0.3) is 0 Å². The van der Waals surface area contributed by atoms with Crippen molar-refractivity contribution in [1.82, 2.24) is 15.3 Å². The molecular formula is C28H29F3N4O4. The summed E-state index contributed by atoms with van der Waals surface area (Å²) in [6.45, 7) is 1.90. The number of aromatic carboxylic acids is 1. The molecule has 8 nitrogen and oxygen atoms in total. The third kappa shape index (κ3) is 7.41. The summed E-state index contributed by atoms with van der Waals surface area (Å²) in [5, 5.41) is 27.5. The topological polar surface area (TPSA) is 117 Å². The van der Waals surface area contributed by atoms with Gasteiger partial charge in [0.05, 0.1) is 29.9 Å². The van der Waals surface area contributed by atoms with Crippen molar-refractivity contribution < 1.29 is 32.9 Å². The van der Waals surface area contributed by atoms with Gasteiger partial charge in [0.1, 0.15) is 5.82 Å². The number of alkyl halides is 3. The molecule has 0 spiro atoms. The first-order valence-electron chi connectivity index (χ1n) is 12.5. The average Bonchev–Trinajstić information content (AvgIpc) is 2.93. The van der Waals surface area contributed by atoms with E-state index in [0.717, 1.165) is 41.1 Å². The quantitative estimate of drug-likeness (QED) is 0.138. The van der Waals surface area contributed by atoms with E-state index in [9.17, 15) is 28.2 Å². The number of aromatic nitrogens is 2. The summed E-state index contributed by atoms with van der Waals surface area (Å²) in [5.74, 6) is -0.399. The molecule has 206 valence electrons. The van der Waals surface area contributed by atoms with Gasteiger partial charge in [-0.3, -0.25) is 4.98 Å². The number of rotatable bonds is 13. The first-order valence-corrected chi connectivity index (χ1v) is 12.5. The number of hydrogen-bond donors (Lipinski definition) is 4. The molecule has 0 aliphatic carbocycles. The van der Waals surface area contributed by atoms with Gasteiger partial charge >= 0.3 is 12.1 Å².